The lowest BCUT2D eigenvalue weighted by atomic mass is 10.1. The molecule has 1 aliphatic carbocycles. The number of rotatable bonds is 5. The van der Waals surface area contributed by atoms with Crippen LogP contribution in [-0.2, 0) is 0 Å². The van der Waals surface area contributed by atoms with E-state index in [2.05, 4.69) is 33.1 Å². The molecule has 1 N–H and O–H groups in total. The van der Waals surface area contributed by atoms with Crippen molar-refractivity contribution in [3.05, 3.63) is 10.2 Å². The maximum atomic E-state index is 4.85. The largest absolute Gasteiger partial charge is 0.369 e. The molecule has 4 nitrogen and oxygen atoms in total. The van der Waals surface area contributed by atoms with Gasteiger partial charge in [-0.15, -0.1) is 0 Å². The van der Waals surface area contributed by atoms with Crippen molar-refractivity contribution in [2.75, 3.05) is 29.9 Å². The molecule has 1 aromatic heterocycles. The first kappa shape index (κ1) is 14.1. The Morgan fingerprint density at radius 2 is 1.95 bits per heavy atom. The van der Waals surface area contributed by atoms with E-state index in [0.29, 0.717) is 5.92 Å². The third kappa shape index (κ3) is 3.08. The van der Waals surface area contributed by atoms with Crippen LogP contribution >= 0.6 is 15.9 Å². The van der Waals surface area contributed by atoms with Crippen molar-refractivity contribution in [2.24, 2.45) is 0 Å². The molecule has 0 bridgehead atoms. The first-order valence-electron chi connectivity index (χ1n) is 7.86. The summed E-state index contributed by atoms with van der Waals surface area (Å²) in [6, 6.07) is 0. The predicted octanol–water partition coefficient (Wildman–Crippen LogP) is 3.93. The van der Waals surface area contributed by atoms with Crippen LogP contribution in [0.2, 0.25) is 0 Å². The maximum Gasteiger partial charge on any atom is 0.227 e. The van der Waals surface area contributed by atoms with Gasteiger partial charge in [0.15, 0.2) is 0 Å². The summed E-state index contributed by atoms with van der Waals surface area (Å²) in [6.45, 7) is 5.33. The number of aromatic nitrogens is 2. The highest BCUT2D eigenvalue weighted by molar-refractivity contribution is 9.10. The number of hydrogen-bond donors (Lipinski definition) is 1. The van der Waals surface area contributed by atoms with Gasteiger partial charge < -0.3 is 10.2 Å². The molecule has 2 fully saturated rings. The van der Waals surface area contributed by atoms with E-state index in [1.54, 1.807) is 0 Å². The molecule has 5 heteroatoms. The molecule has 1 aromatic rings. The second-order valence-corrected chi connectivity index (χ2v) is 6.61. The zero-order valence-corrected chi connectivity index (χ0v) is 13.7. The molecule has 1 saturated carbocycles. The Hall–Kier alpha value is -0.840. The lowest BCUT2D eigenvalue weighted by molar-refractivity contribution is 0.567. The molecule has 1 saturated heterocycles. The highest BCUT2D eigenvalue weighted by Crippen LogP contribution is 2.44. The van der Waals surface area contributed by atoms with E-state index in [1.807, 2.05) is 0 Å². The molecule has 0 unspecified atom stereocenters. The summed E-state index contributed by atoms with van der Waals surface area (Å²) >= 11 is 3.70. The van der Waals surface area contributed by atoms with E-state index in [4.69, 9.17) is 9.97 Å². The Bertz CT molecular complexity index is 467. The van der Waals surface area contributed by atoms with E-state index >= 15 is 0 Å². The van der Waals surface area contributed by atoms with Gasteiger partial charge in [0, 0.05) is 25.6 Å². The Balaban J connectivity index is 1.89. The fourth-order valence-electron chi connectivity index (χ4n) is 2.68. The zero-order chi connectivity index (χ0) is 13.9. The molecule has 0 aromatic carbocycles. The van der Waals surface area contributed by atoms with Crippen LogP contribution in [0.4, 0.5) is 11.8 Å². The van der Waals surface area contributed by atoms with Crippen LogP contribution < -0.4 is 10.2 Å². The smallest absolute Gasteiger partial charge is 0.227 e. The zero-order valence-electron chi connectivity index (χ0n) is 12.2. The van der Waals surface area contributed by atoms with Crippen molar-refractivity contribution in [2.45, 2.75) is 51.4 Å². The standard InChI is InChI=1S/C15H23BrN4/c1-2-8-17-14-12(16)13(11-6-7-11)18-15(19-14)20-9-4-3-5-10-20/h11H,2-10H2,1H3,(H,17,18,19). The van der Waals surface area contributed by atoms with Crippen LogP contribution in [0.3, 0.4) is 0 Å². The minimum absolute atomic E-state index is 0.637. The van der Waals surface area contributed by atoms with Gasteiger partial charge in [0.1, 0.15) is 5.82 Å². The minimum Gasteiger partial charge on any atom is -0.369 e. The molecule has 0 amide bonds. The summed E-state index contributed by atoms with van der Waals surface area (Å²) in [5.41, 5.74) is 1.21. The predicted molar refractivity (Wildman–Crippen MR) is 86.6 cm³/mol. The summed E-state index contributed by atoms with van der Waals surface area (Å²) in [6.07, 6.45) is 7.49. The van der Waals surface area contributed by atoms with Gasteiger partial charge >= 0.3 is 0 Å². The fourth-order valence-corrected chi connectivity index (χ4v) is 3.32. The molecule has 2 heterocycles. The monoisotopic (exact) mass is 338 g/mol. The van der Waals surface area contributed by atoms with Gasteiger partial charge in [0.2, 0.25) is 5.95 Å². The second-order valence-electron chi connectivity index (χ2n) is 5.82. The van der Waals surface area contributed by atoms with Gasteiger partial charge in [0.05, 0.1) is 10.2 Å². The van der Waals surface area contributed by atoms with Crippen LogP contribution in [0.5, 0.6) is 0 Å². The lowest BCUT2D eigenvalue weighted by Crippen LogP contribution is -2.31. The number of hydrogen-bond acceptors (Lipinski definition) is 4. The average molecular weight is 339 g/mol. The van der Waals surface area contributed by atoms with Crippen molar-refractivity contribution >= 4 is 27.7 Å². The van der Waals surface area contributed by atoms with Crippen LogP contribution in [0, 0.1) is 0 Å². The van der Waals surface area contributed by atoms with Gasteiger partial charge in [0.25, 0.3) is 0 Å². The number of halogens is 1. The van der Waals surface area contributed by atoms with Crippen molar-refractivity contribution < 1.29 is 0 Å². The molecule has 0 atom stereocenters. The summed E-state index contributed by atoms with van der Waals surface area (Å²) in [5.74, 6) is 2.54. The summed E-state index contributed by atoms with van der Waals surface area (Å²) < 4.78 is 1.08. The maximum absolute atomic E-state index is 4.85. The lowest BCUT2D eigenvalue weighted by Gasteiger charge is -2.27. The molecule has 2 aliphatic rings. The molecule has 0 spiro atoms. The Morgan fingerprint density at radius 1 is 1.20 bits per heavy atom. The highest BCUT2D eigenvalue weighted by atomic mass is 79.9. The molecule has 1 aliphatic heterocycles. The van der Waals surface area contributed by atoms with E-state index in [1.165, 1.54) is 37.8 Å². The third-order valence-corrected chi connectivity index (χ3v) is 4.79. The Labute approximate surface area is 129 Å². The van der Waals surface area contributed by atoms with Crippen LogP contribution in [0.25, 0.3) is 0 Å². The van der Waals surface area contributed by atoms with Crippen LogP contribution in [0.15, 0.2) is 4.47 Å². The first-order chi connectivity index (χ1) is 9.79. The Morgan fingerprint density at radius 3 is 2.60 bits per heavy atom. The van der Waals surface area contributed by atoms with E-state index in [-0.39, 0.29) is 0 Å². The highest BCUT2D eigenvalue weighted by Gasteiger charge is 2.30. The average Bonchev–Trinajstić information content (AvgIpc) is 3.32. The number of anilines is 2. The quantitative estimate of drug-likeness (QED) is 0.883. The van der Waals surface area contributed by atoms with Crippen molar-refractivity contribution in [1.82, 2.24) is 9.97 Å². The molecule has 3 rings (SSSR count). The number of nitrogens with one attached hydrogen (secondary N) is 1. The van der Waals surface area contributed by atoms with Crippen LogP contribution in [-0.4, -0.2) is 29.6 Å². The fraction of sp³-hybridized carbons (Fsp3) is 0.733. The van der Waals surface area contributed by atoms with Gasteiger partial charge in [-0.05, 0) is 54.5 Å². The van der Waals surface area contributed by atoms with E-state index in [0.717, 1.165) is 42.3 Å². The second kappa shape index (κ2) is 6.29. The van der Waals surface area contributed by atoms with Gasteiger partial charge in [-0.2, -0.15) is 4.98 Å². The molecule has 110 valence electrons. The van der Waals surface area contributed by atoms with Gasteiger partial charge in [-0.25, -0.2) is 4.98 Å². The number of piperidine rings is 1. The SMILES string of the molecule is CCCNc1nc(N2CCCCC2)nc(C2CC2)c1Br. The summed E-state index contributed by atoms with van der Waals surface area (Å²) in [4.78, 5) is 12.0. The topological polar surface area (TPSA) is 41.1 Å². The van der Waals surface area contributed by atoms with Crippen molar-refractivity contribution in [3.8, 4) is 0 Å². The summed E-state index contributed by atoms with van der Waals surface area (Å²) in [7, 11) is 0. The summed E-state index contributed by atoms with van der Waals surface area (Å²) in [5, 5.41) is 3.44. The van der Waals surface area contributed by atoms with Crippen molar-refractivity contribution in [3.63, 3.8) is 0 Å². The van der Waals surface area contributed by atoms with Crippen LogP contribution in [0.1, 0.15) is 57.1 Å². The molecule has 0 radical (unpaired) electrons. The van der Waals surface area contributed by atoms with Crippen molar-refractivity contribution in [1.29, 1.82) is 0 Å². The first-order valence-corrected chi connectivity index (χ1v) is 8.65. The minimum atomic E-state index is 0.637. The van der Waals surface area contributed by atoms with E-state index < -0.39 is 0 Å². The molecular weight excluding hydrogens is 316 g/mol. The third-order valence-electron chi connectivity index (χ3n) is 4.01. The Kier molecular flexibility index (Phi) is 4.44. The number of nitrogens with zero attached hydrogens (tertiary/aromatic N) is 3. The normalized spacial score (nSPS) is 19.2. The molecular formula is C15H23BrN4. The van der Waals surface area contributed by atoms with Gasteiger partial charge in [-0.3, -0.25) is 0 Å². The van der Waals surface area contributed by atoms with Gasteiger partial charge in [-0.1, -0.05) is 6.92 Å². The van der Waals surface area contributed by atoms with E-state index in [9.17, 15) is 0 Å². The molecule has 20 heavy (non-hydrogen) atoms.